The Morgan fingerprint density at radius 1 is 1.03 bits per heavy atom. The lowest BCUT2D eigenvalue weighted by Gasteiger charge is -2.23. The molecule has 1 fully saturated rings. The van der Waals surface area contributed by atoms with Crippen molar-refractivity contribution in [1.82, 2.24) is 19.7 Å². The van der Waals surface area contributed by atoms with Crippen molar-refractivity contribution in [2.45, 2.75) is 44.7 Å². The van der Waals surface area contributed by atoms with E-state index in [1.54, 1.807) is 10.9 Å². The summed E-state index contributed by atoms with van der Waals surface area (Å²) in [5.74, 6) is -2.12. The van der Waals surface area contributed by atoms with Crippen LogP contribution in [0.4, 0.5) is 8.78 Å². The first-order valence-corrected chi connectivity index (χ1v) is 11.4. The van der Waals surface area contributed by atoms with Gasteiger partial charge in [-0.25, -0.2) is 13.5 Å². The van der Waals surface area contributed by atoms with Gasteiger partial charge in [-0.2, -0.15) is 5.10 Å². The van der Waals surface area contributed by atoms with Crippen molar-refractivity contribution in [2.24, 2.45) is 0 Å². The van der Waals surface area contributed by atoms with E-state index in [2.05, 4.69) is 10.4 Å². The molecule has 0 unspecified atom stereocenters. The van der Waals surface area contributed by atoms with Crippen molar-refractivity contribution in [3.05, 3.63) is 94.0 Å². The van der Waals surface area contributed by atoms with Crippen LogP contribution in [0.25, 0.3) is 16.6 Å². The number of halogens is 2. The van der Waals surface area contributed by atoms with Crippen LogP contribution >= 0.6 is 0 Å². The highest BCUT2D eigenvalue weighted by Gasteiger charge is 2.23. The molecule has 1 saturated carbocycles. The van der Waals surface area contributed by atoms with Gasteiger partial charge in [-0.1, -0.05) is 31.4 Å². The fraction of sp³-hybridized carbons (Fsp3) is 0.269. The van der Waals surface area contributed by atoms with Gasteiger partial charge in [0.25, 0.3) is 5.91 Å². The normalized spacial score (nSPS) is 14.4. The lowest BCUT2D eigenvalue weighted by Crippen LogP contribution is -2.38. The zero-order valence-corrected chi connectivity index (χ0v) is 18.5. The summed E-state index contributed by atoms with van der Waals surface area (Å²) in [5, 5.41) is 6.69. The van der Waals surface area contributed by atoms with Gasteiger partial charge in [-0.05, 0) is 48.7 Å². The molecule has 0 radical (unpaired) electrons. The number of benzene rings is 2. The summed E-state index contributed by atoms with van der Waals surface area (Å²) in [6.45, 7) is 0.153. The van der Waals surface area contributed by atoms with E-state index < -0.39 is 28.4 Å². The fourth-order valence-corrected chi connectivity index (χ4v) is 4.62. The van der Waals surface area contributed by atoms with Crippen LogP contribution in [-0.2, 0) is 6.54 Å². The number of amides is 1. The van der Waals surface area contributed by atoms with Gasteiger partial charge in [0.1, 0.15) is 17.2 Å². The van der Waals surface area contributed by atoms with Crippen LogP contribution in [-0.4, -0.2) is 26.3 Å². The van der Waals surface area contributed by atoms with Gasteiger partial charge in [0.15, 0.2) is 0 Å². The van der Waals surface area contributed by atoms with Crippen LogP contribution in [0.15, 0.2) is 65.8 Å². The maximum Gasteiger partial charge on any atom is 0.256 e. The smallest absolute Gasteiger partial charge is 0.256 e. The minimum atomic E-state index is -0.850. The second-order valence-corrected chi connectivity index (χ2v) is 8.68. The molecule has 174 valence electrons. The second-order valence-electron chi connectivity index (χ2n) is 8.68. The van der Waals surface area contributed by atoms with Crippen LogP contribution in [0.1, 0.15) is 48.0 Å². The summed E-state index contributed by atoms with van der Waals surface area (Å²) < 4.78 is 32.7. The van der Waals surface area contributed by atoms with Gasteiger partial charge in [0.2, 0.25) is 5.43 Å². The molecule has 0 spiro atoms. The minimum absolute atomic E-state index is 0.0167. The van der Waals surface area contributed by atoms with Gasteiger partial charge in [0.05, 0.1) is 16.6 Å². The van der Waals surface area contributed by atoms with Gasteiger partial charge < -0.3 is 9.88 Å². The Labute approximate surface area is 194 Å². The van der Waals surface area contributed by atoms with Crippen molar-refractivity contribution >= 4 is 16.8 Å². The van der Waals surface area contributed by atoms with Gasteiger partial charge in [-0.15, -0.1) is 0 Å². The third kappa shape index (κ3) is 4.23. The quantitative estimate of drug-likeness (QED) is 0.472. The molecule has 1 N–H and O–H groups in total. The number of carbonyl (C=O) groups excluding carboxylic acids is 1. The lowest BCUT2D eigenvalue weighted by molar-refractivity contribution is 0.0926. The van der Waals surface area contributed by atoms with E-state index in [9.17, 15) is 18.4 Å². The SMILES string of the molecule is O=C(NC1CCCCC1)c1cn(Cc2ccc(-n3cccn3)cc2)c2c(F)ccc(F)c2c1=O. The lowest BCUT2D eigenvalue weighted by atomic mass is 9.95. The first kappa shape index (κ1) is 22.0. The molecule has 0 aliphatic heterocycles. The Kier molecular flexibility index (Phi) is 5.96. The number of carbonyl (C=O) groups is 1. The van der Waals surface area contributed by atoms with E-state index >= 15 is 0 Å². The summed E-state index contributed by atoms with van der Waals surface area (Å²) in [6, 6.07) is 11.1. The Balaban J connectivity index is 1.54. The molecule has 8 heteroatoms. The number of pyridine rings is 1. The maximum absolute atomic E-state index is 14.8. The predicted octanol–water partition coefficient (Wildman–Crippen LogP) is 4.58. The molecule has 4 aromatic rings. The molecule has 2 heterocycles. The summed E-state index contributed by atoms with van der Waals surface area (Å²) in [5.41, 5.74) is 0.503. The van der Waals surface area contributed by atoms with Crippen molar-refractivity contribution in [1.29, 1.82) is 0 Å². The topological polar surface area (TPSA) is 68.9 Å². The van der Waals surface area contributed by atoms with Crippen LogP contribution in [0.2, 0.25) is 0 Å². The summed E-state index contributed by atoms with van der Waals surface area (Å²) in [7, 11) is 0. The van der Waals surface area contributed by atoms with Crippen molar-refractivity contribution < 1.29 is 13.6 Å². The number of nitrogens with one attached hydrogen (secondary N) is 1. The number of nitrogens with zero attached hydrogens (tertiary/aromatic N) is 3. The number of fused-ring (bicyclic) bond motifs is 1. The minimum Gasteiger partial charge on any atom is -0.349 e. The Bertz CT molecular complexity index is 1390. The zero-order valence-electron chi connectivity index (χ0n) is 18.5. The monoisotopic (exact) mass is 462 g/mol. The molecular formula is C26H24F2N4O2. The highest BCUT2D eigenvalue weighted by molar-refractivity contribution is 5.97. The molecule has 2 aromatic carbocycles. The summed E-state index contributed by atoms with van der Waals surface area (Å²) >= 11 is 0. The molecule has 5 rings (SSSR count). The van der Waals surface area contributed by atoms with Gasteiger partial charge in [-0.3, -0.25) is 9.59 Å². The molecule has 0 bridgehead atoms. The molecule has 1 aliphatic carbocycles. The molecule has 1 amide bonds. The highest BCUT2D eigenvalue weighted by Crippen LogP contribution is 2.22. The Hall–Kier alpha value is -3.81. The number of rotatable bonds is 5. The summed E-state index contributed by atoms with van der Waals surface area (Å²) in [4.78, 5) is 26.1. The van der Waals surface area contributed by atoms with Crippen molar-refractivity contribution in [3.8, 4) is 5.69 Å². The van der Waals surface area contributed by atoms with Crippen molar-refractivity contribution in [2.75, 3.05) is 0 Å². The number of hydrogen-bond acceptors (Lipinski definition) is 3. The molecule has 0 saturated heterocycles. The standard InChI is InChI=1S/C26H24F2N4O2/c27-21-11-12-22(28)24-23(21)25(33)20(26(34)30-18-5-2-1-3-6-18)16-31(24)15-17-7-9-19(10-8-17)32-14-4-13-29-32/h4,7-14,16,18H,1-3,5-6,15H2,(H,30,34). The molecule has 6 nitrogen and oxygen atoms in total. The second kappa shape index (κ2) is 9.21. The highest BCUT2D eigenvalue weighted by atomic mass is 19.1. The summed E-state index contributed by atoms with van der Waals surface area (Å²) in [6.07, 6.45) is 9.68. The third-order valence-corrected chi connectivity index (χ3v) is 6.36. The average Bonchev–Trinajstić information content (AvgIpc) is 3.38. The van der Waals surface area contributed by atoms with E-state index in [1.807, 2.05) is 36.5 Å². The predicted molar refractivity (Wildman–Crippen MR) is 125 cm³/mol. The van der Waals surface area contributed by atoms with E-state index in [0.29, 0.717) is 0 Å². The molecular weight excluding hydrogens is 438 g/mol. The first-order valence-electron chi connectivity index (χ1n) is 11.4. The van der Waals surface area contributed by atoms with E-state index in [1.165, 1.54) is 10.8 Å². The first-order chi connectivity index (χ1) is 16.5. The number of aromatic nitrogens is 3. The van der Waals surface area contributed by atoms with E-state index in [-0.39, 0.29) is 23.7 Å². The van der Waals surface area contributed by atoms with Crippen LogP contribution < -0.4 is 10.7 Å². The van der Waals surface area contributed by atoms with Crippen LogP contribution in [0.3, 0.4) is 0 Å². The van der Waals surface area contributed by atoms with Gasteiger partial charge in [0, 0.05) is 31.2 Å². The molecule has 2 aromatic heterocycles. The number of hydrogen-bond donors (Lipinski definition) is 1. The molecule has 1 aliphatic rings. The largest absolute Gasteiger partial charge is 0.349 e. The maximum atomic E-state index is 14.8. The molecule has 34 heavy (non-hydrogen) atoms. The fourth-order valence-electron chi connectivity index (χ4n) is 4.62. The van der Waals surface area contributed by atoms with E-state index in [4.69, 9.17) is 0 Å². The van der Waals surface area contributed by atoms with Crippen LogP contribution in [0, 0.1) is 11.6 Å². The molecule has 0 atom stereocenters. The van der Waals surface area contributed by atoms with Crippen molar-refractivity contribution in [3.63, 3.8) is 0 Å². The van der Waals surface area contributed by atoms with Gasteiger partial charge >= 0.3 is 0 Å². The Morgan fingerprint density at radius 3 is 2.47 bits per heavy atom. The van der Waals surface area contributed by atoms with E-state index in [0.717, 1.165) is 55.5 Å². The zero-order chi connectivity index (χ0) is 23.7. The average molecular weight is 463 g/mol. The Morgan fingerprint density at radius 2 is 1.76 bits per heavy atom. The third-order valence-electron chi connectivity index (χ3n) is 6.36. The van der Waals surface area contributed by atoms with Crippen LogP contribution in [0.5, 0.6) is 0 Å².